The Kier molecular flexibility index (Phi) is 34.9. The summed E-state index contributed by atoms with van der Waals surface area (Å²) in [5, 5.41) is 22.6. The number of aliphatic hydroxyl groups is 2. The molecule has 0 aliphatic carbocycles. The van der Waals surface area contributed by atoms with Crippen molar-refractivity contribution in [1.29, 1.82) is 0 Å². The van der Waals surface area contributed by atoms with Crippen molar-refractivity contribution >= 4 is 5.91 Å². The fraction of sp³-hybridized carbons (Fsp3) is 0.923. The van der Waals surface area contributed by atoms with Crippen LogP contribution in [-0.2, 0) is 4.79 Å². The van der Waals surface area contributed by atoms with Gasteiger partial charge in [0.25, 0.3) is 0 Å². The van der Waals surface area contributed by atoms with E-state index < -0.39 is 12.1 Å². The number of hydrogen-bond acceptors (Lipinski definition) is 3. The Bertz CT molecular complexity index is 579. The van der Waals surface area contributed by atoms with E-state index in [2.05, 4.69) is 19.2 Å². The first kappa shape index (κ1) is 42.1. The highest BCUT2D eigenvalue weighted by Gasteiger charge is 2.17. The number of carbonyl (C=O) groups is 1. The predicted molar refractivity (Wildman–Crippen MR) is 189 cm³/mol. The molecular weight excluding hydrogens is 530 g/mol. The maximum absolute atomic E-state index is 12.2. The van der Waals surface area contributed by atoms with Crippen molar-refractivity contribution in [3.05, 3.63) is 12.2 Å². The number of nitrogens with one attached hydrogen (secondary N) is 1. The summed E-state index contributed by atoms with van der Waals surface area (Å²) in [4.78, 5) is 12.2. The number of allylic oxidation sites excluding steroid dienone is 1. The summed E-state index contributed by atoms with van der Waals surface area (Å²) in [5.41, 5.74) is 0. The van der Waals surface area contributed by atoms with Crippen LogP contribution >= 0.6 is 0 Å². The van der Waals surface area contributed by atoms with Crippen molar-refractivity contribution in [3.8, 4) is 0 Å². The molecule has 3 N–H and O–H groups in total. The summed E-state index contributed by atoms with van der Waals surface area (Å²) in [5.74, 6) is -0.0662. The van der Waals surface area contributed by atoms with Gasteiger partial charge in [0.1, 0.15) is 0 Å². The summed E-state index contributed by atoms with van der Waals surface area (Å²) >= 11 is 0. The van der Waals surface area contributed by atoms with Gasteiger partial charge in [-0.2, -0.15) is 0 Å². The monoisotopic (exact) mass is 608 g/mol. The molecule has 0 aromatic carbocycles. The zero-order valence-electron chi connectivity index (χ0n) is 29.2. The fourth-order valence-electron chi connectivity index (χ4n) is 6.00. The molecule has 0 aliphatic rings. The normalized spacial score (nSPS) is 13.1. The highest BCUT2D eigenvalue weighted by atomic mass is 16.3. The summed E-state index contributed by atoms with van der Waals surface area (Å²) in [6.45, 7) is 4.24. The molecule has 4 nitrogen and oxygen atoms in total. The van der Waals surface area contributed by atoms with Crippen LogP contribution in [0.25, 0.3) is 0 Å². The van der Waals surface area contributed by atoms with Gasteiger partial charge in [-0.05, 0) is 19.3 Å². The summed E-state index contributed by atoms with van der Waals surface area (Å²) in [7, 11) is 0. The Morgan fingerprint density at radius 3 is 1.21 bits per heavy atom. The maximum Gasteiger partial charge on any atom is 0.220 e. The molecule has 0 fully saturated rings. The van der Waals surface area contributed by atoms with Crippen LogP contribution in [0.5, 0.6) is 0 Å². The van der Waals surface area contributed by atoms with Crippen LogP contribution in [0.15, 0.2) is 12.2 Å². The Morgan fingerprint density at radius 1 is 0.535 bits per heavy atom. The van der Waals surface area contributed by atoms with Crippen molar-refractivity contribution in [2.75, 3.05) is 6.61 Å². The molecular formula is C39H77NO3. The lowest BCUT2D eigenvalue weighted by atomic mass is 10.0. The van der Waals surface area contributed by atoms with E-state index in [-0.39, 0.29) is 12.5 Å². The third-order valence-corrected chi connectivity index (χ3v) is 9.02. The average Bonchev–Trinajstić information content (AvgIpc) is 3.01. The number of carbonyl (C=O) groups excluding carboxylic acids is 1. The molecule has 0 radical (unpaired) electrons. The summed E-state index contributed by atoms with van der Waals surface area (Å²) in [6.07, 6.45) is 43.4. The number of amides is 1. The van der Waals surface area contributed by atoms with Gasteiger partial charge >= 0.3 is 0 Å². The number of rotatable bonds is 35. The standard InChI is InChI=1S/C39H77NO3/c1-3-5-7-9-11-12-13-14-15-16-17-18-19-20-21-22-23-24-25-26-27-28-29-31-33-35-39(43)40-37(36-41)38(42)34-32-30-10-8-6-4-2/h32,34,37-38,41-42H,3-31,33,35-36H2,1-2H3,(H,40,43)/b34-32+. The number of unbranched alkanes of at least 4 members (excludes halogenated alkanes) is 28. The van der Waals surface area contributed by atoms with Crippen LogP contribution in [-0.4, -0.2) is 34.9 Å². The van der Waals surface area contributed by atoms with E-state index in [0.717, 1.165) is 25.7 Å². The minimum Gasteiger partial charge on any atom is -0.394 e. The Hall–Kier alpha value is -0.870. The lowest BCUT2D eigenvalue weighted by Crippen LogP contribution is -2.45. The molecule has 1 amide bonds. The highest BCUT2D eigenvalue weighted by molar-refractivity contribution is 5.76. The molecule has 0 aliphatic heterocycles. The molecule has 2 unspecified atom stereocenters. The van der Waals surface area contributed by atoms with E-state index in [9.17, 15) is 15.0 Å². The van der Waals surface area contributed by atoms with Gasteiger partial charge in [0.2, 0.25) is 5.91 Å². The molecule has 0 rings (SSSR count). The first-order chi connectivity index (χ1) is 21.2. The highest BCUT2D eigenvalue weighted by Crippen LogP contribution is 2.16. The van der Waals surface area contributed by atoms with Crippen LogP contribution in [0.1, 0.15) is 213 Å². The molecule has 2 atom stereocenters. The molecule has 4 heteroatoms. The van der Waals surface area contributed by atoms with Gasteiger partial charge in [-0.3, -0.25) is 4.79 Å². The van der Waals surface area contributed by atoms with E-state index in [1.54, 1.807) is 6.08 Å². The van der Waals surface area contributed by atoms with Gasteiger partial charge in [-0.25, -0.2) is 0 Å². The van der Waals surface area contributed by atoms with Crippen LogP contribution in [0.4, 0.5) is 0 Å². The van der Waals surface area contributed by atoms with Gasteiger partial charge in [0, 0.05) is 6.42 Å². The molecule has 0 spiro atoms. The lowest BCUT2D eigenvalue weighted by Gasteiger charge is -2.20. The molecule has 43 heavy (non-hydrogen) atoms. The van der Waals surface area contributed by atoms with Crippen molar-refractivity contribution in [2.45, 2.75) is 225 Å². The molecule has 0 saturated carbocycles. The second kappa shape index (κ2) is 35.6. The maximum atomic E-state index is 12.2. The summed E-state index contributed by atoms with van der Waals surface area (Å²) < 4.78 is 0. The van der Waals surface area contributed by atoms with Crippen LogP contribution in [0, 0.1) is 0 Å². The van der Waals surface area contributed by atoms with Crippen molar-refractivity contribution < 1.29 is 15.0 Å². The third kappa shape index (κ3) is 32.3. The smallest absolute Gasteiger partial charge is 0.220 e. The Morgan fingerprint density at radius 2 is 0.860 bits per heavy atom. The number of hydrogen-bond donors (Lipinski definition) is 3. The molecule has 0 aromatic heterocycles. The molecule has 0 heterocycles. The fourth-order valence-corrected chi connectivity index (χ4v) is 6.00. The SMILES string of the molecule is CCCCCC/C=C/C(O)C(CO)NC(=O)CCCCCCCCCCCCCCCCCCCCCCCCCCC. The first-order valence-electron chi connectivity index (χ1n) is 19.4. The van der Waals surface area contributed by atoms with Gasteiger partial charge in [0.05, 0.1) is 18.8 Å². The van der Waals surface area contributed by atoms with Crippen molar-refractivity contribution in [3.63, 3.8) is 0 Å². The topological polar surface area (TPSA) is 69.6 Å². The summed E-state index contributed by atoms with van der Waals surface area (Å²) in [6, 6.07) is -0.612. The van der Waals surface area contributed by atoms with Gasteiger partial charge in [0.15, 0.2) is 0 Å². The van der Waals surface area contributed by atoms with Crippen LogP contribution in [0.3, 0.4) is 0 Å². The molecule has 0 bridgehead atoms. The van der Waals surface area contributed by atoms with E-state index in [4.69, 9.17) is 0 Å². The minimum atomic E-state index is -0.829. The largest absolute Gasteiger partial charge is 0.394 e. The van der Waals surface area contributed by atoms with Gasteiger partial charge in [-0.1, -0.05) is 199 Å². The van der Waals surface area contributed by atoms with E-state index in [1.165, 1.54) is 167 Å². The molecule has 0 aromatic rings. The zero-order valence-corrected chi connectivity index (χ0v) is 29.2. The van der Waals surface area contributed by atoms with E-state index in [1.807, 2.05) is 6.08 Å². The molecule has 0 saturated heterocycles. The molecule has 256 valence electrons. The van der Waals surface area contributed by atoms with Crippen LogP contribution in [0.2, 0.25) is 0 Å². The zero-order chi connectivity index (χ0) is 31.5. The van der Waals surface area contributed by atoms with Gasteiger partial charge < -0.3 is 15.5 Å². The lowest BCUT2D eigenvalue weighted by molar-refractivity contribution is -0.123. The van der Waals surface area contributed by atoms with E-state index >= 15 is 0 Å². The average molecular weight is 608 g/mol. The Labute approximate surface area is 269 Å². The Balaban J connectivity index is 3.38. The second-order valence-corrected chi connectivity index (χ2v) is 13.4. The second-order valence-electron chi connectivity index (χ2n) is 13.4. The van der Waals surface area contributed by atoms with Gasteiger partial charge in [-0.15, -0.1) is 0 Å². The van der Waals surface area contributed by atoms with Crippen LogP contribution < -0.4 is 5.32 Å². The van der Waals surface area contributed by atoms with Crippen molar-refractivity contribution in [2.24, 2.45) is 0 Å². The first-order valence-corrected chi connectivity index (χ1v) is 19.4. The third-order valence-electron chi connectivity index (χ3n) is 9.02. The van der Waals surface area contributed by atoms with Crippen molar-refractivity contribution in [1.82, 2.24) is 5.32 Å². The quantitative estimate of drug-likeness (QED) is 0.0496. The minimum absolute atomic E-state index is 0.0662. The predicted octanol–water partition coefficient (Wildman–Crippen LogP) is 11.5. The number of aliphatic hydroxyl groups excluding tert-OH is 2. The van der Waals surface area contributed by atoms with E-state index in [0.29, 0.717) is 6.42 Å².